The van der Waals surface area contributed by atoms with Gasteiger partial charge in [-0.25, -0.2) is 15.0 Å². The van der Waals surface area contributed by atoms with Gasteiger partial charge in [0.1, 0.15) is 12.1 Å². The number of nitrogens with zero attached hydrogens (tertiary/aromatic N) is 5. The van der Waals surface area contributed by atoms with Gasteiger partial charge in [0.25, 0.3) is 0 Å². The number of aromatic nitrogens is 4. The summed E-state index contributed by atoms with van der Waals surface area (Å²) in [5, 5.41) is 10.2. The molecular formula is C19H17N5O. The molecule has 6 heteroatoms. The molecule has 1 aliphatic rings. The Hall–Kier alpha value is -2.99. The lowest BCUT2D eigenvalue weighted by Gasteiger charge is -2.19. The number of para-hydroxylation sites is 1. The number of fused-ring (bicyclic) bond motifs is 3. The lowest BCUT2D eigenvalue weighted by Crippen LogP contribution is -2.15. The summed E-state index contributed by atoms with van der Waals surface area (Å²) in [5.74, 6) is 0.925. The summed E-state index contributed by atoms with van der Waals surface area (Å²) in [4.78, 5) is 15.8. The van der Waals surface area contributed by atoms with Crippen LogP contribution in [0.4, 0.5) is 11.5 Å². The fourth-order valence-corrected chi connectivity index (χ4v) is 3.65. The number of benzene rings is 2. The van der Waals surface area contributed by atoms with Crippen molar-refractivity contribution in [1.29, 1.82) is 0 Å². The third-order valence-corrected chi connectivity index (χ3v) is 4.84. The highest BCUT2D eigenvalue weighted by Gasteiger charge is 2.23. The summed E-state index contributed by atoms with van der Waals surface area (Å²) in [7, 11) is 0. The molecule has 2 aromatic carbocycles. The zero-order valence-electron chi connectivity index (χ0n) is 13.6. The van der Waals surface area contributed by atoms with Crippen molar-refractivity contribution in [3.63, 3.8) is 0 Å². The van der Waals surface area contributed by atoms with E-state index in [-0.39, 0.29) is 6.61 Å². The van der Waals surface area contributed by atoms with Gasteiger partial charge in [-0.05, 0) is 30.2 Å². The number of imidazole rings is 1. The number of hydrogen-bond acceptors (Lipinski definition) is 5. The maximum Gasteiger partial charge on any atom is 0.144 e. The molecule has 124 valence electrons. The van der Waals surface area contributed by atoms with Crippen molar-refractivity contribution in [2.75, 3.05) is 18.1 Å². The van der Waals surface area contributed by atoms with Crippen LogP contribution in [0, 0.1) is 0 Å². The summed E-state index contributed by atoms with van der Waals surface area (Å²) < 4.78 is 1.95. The van der Waals surface area contributed by atoms with Crippen LogP contribution in [0.25, 0.3) is 21.9 Å². The highest BCUT2D eigenvalue weighted by atomic mass is 16.3. The summed E-state index contributed by atoms with van der Waals surface area (Å²) in [5.41, 5.74) is 5.33. The van der Waals surface area contributed by atoms with Crippen LogP contribution in [0.3, 0.4) is 0 Å². The van der Waals surface area contributed by atoms with Crippen LogP contribution in [0.1, 0.15) is 5.56 Å². The van der Waals surface area contributed by atoms with E-state index in [1.54, 1.807) is 12.7 Å². The van der Waals surface area contributed by atoms with Gasteiger partial charge in [0.2, 0.25) is 0 Å². The molecule has 0 fully saturated rings. The molecule has 0 radical (unpaired) electrons. The van der Waals surface area contributed by atoms with Crippen LogP contribution in [0.15, 0.2) is 49.1 Å². The van der Waals surface area contributed by atoms with E-state index < -0.39 is 0 Å². The topological polar surface area (TPSA) is 67.1 Å². The Morgan fingerprint density at radius 2 is 1.96 bits per heavy atom. The van der Waals surface area contributed by atoms with Gasteiger partial charge in [-0.3, -0.25) is 0 Å². The first-order valence-corrected chi connectivity index (χ1v) is 8.41. The van der Waals surface area contributed by atoms with E-state index in [1.807, 2.05) is 10.6 Å². The van der Waals surface area contributed by atoms with Gasteiger partial charge in [-0.1, -0.05) is 18.2 Å². The molecule has 0 saturated carbocycles. The van der Waals surface area contributed by atoms with Crippen molar-refractivity contribution in [3.8, 4) is 0 Å². The number of aliphatic hydroxyl groups is 1. The van der Waals surface area contributed by atoms with Gasteiger partial charge < -0.3 is 14.6 Å². The first-order chi connectivity index (χ1) is 12.3. The maximum absolute atomic E-state index is 9.21. The Morgan fingerprint density at radius 1 is 1.04 bits per heavy atom. The van der Waals surface area contributed by atoms with E-state index in [1.165, 1.54) is 11.3 Å². The average molecular weight is 331 g/mol. The lowest BCUT2D eigenvalue weighted by molar-refractivity contribution is 0.278. The van der Waals surface area contributed by atoms with E-state index >= 15 is 0 Å². The van der Waals surface area contributed by atoms with Gasteiger partial charge in [-0.15, -0.1) is 0 Å². The minimum absolute atomic E-state index is 0.0864. The fraction of sp³-hybridized carbons (Fsp3) is 0.211. The largest absolute Gasteiger partial charge is 0.395 e. The van der Waals surface area contributed by atoms with Crippen molar-refractivity contribution in [1.82, 2.24) is 19.5 Å². The van der Waals surface area contributed by atoms with E-state index in [4.69, 9.17) is 0 Å². The molecule has 0 bridgehead atoms. The summed E-state index contributed by atoms with van der Waals surface area (Å²) in [6.07, 6.45) is 4.41. The van der Waals surface area contributed by atoms with Gasteiger partial charge in [0.15, 0.2) is 0 Å². The van der Waals surface area contributed by atoms with Crippen molar-refractivity contribution in [2.24, 2.45) is 0 Å². The second-order valence-corrected chi connectivity index (χ2v) is 6.25. The molecule has 0 amide bonds. The molecule has 0 unspecified atom stereocenters. The fourth-order valence-electron chi connectivity index (χ4n) is 3.65. The molecule has 5 rings (SSSR count). The van der Waals surface area contributed by atoms with E-state index in [0.29, 0.717) is 6.54 Å². The summed E-state index contributed by atoms with van der Waals surface area (Å²) >= 11 is 0. The minimum Gasteiger partial charge on any atom is -0.395 e. The SMILES string of the molecule is OCCn1cnc2cc3c(N4CCc5ccccc54)ncnc3cc21. The molecule has 4 aromatic rings. The van der Waals surface area contributed by atoms with Gasteiger partial charge >= 0.3 is 0 Å². The van der Waals surface area contributed by atoms with Crippen LogP contribution in [0.5, 0.6) is 0 Å². The average Bonchev–Trinajstić information content (AvgIpc) is 3.24. The minimum atomic E-state index is 0.0864. The van der Waals surface area contributed by atoms with Gasteiger partial charge in [0.05, 0.1) is 29.5 Å². The standard InChI is InChI=1S/C19H17N5O/c25-8-7-23-12-22-16-9-14-15(10-18(16)23)20-11-21-19(14)24-6-5-13-3-1-2-4-17(13)24/h1-4,9-12,25H,5-8H2. The normalized spacial score (nSPS) is 13.7. The number of anilines is 2. The van der Waals surface area contributed by atoms with Crippen molar-refractivity contribution in [2.45, 2.75) is 13.0 Å². The van der Waals surface area contributed by atoms with Crippen LogP contribution in [-0.2, 0) is 13.0 Å². The molecule has 3 heterocycles. The predicted molar refractivity (Wildman–Crippen MR) is 97.1 cm³/mol. The maximum atomic E-state index is 9.21. The molecule has 0 aliphatic carbocycles. The third kappa shape index (κ3) is 2.18. The highest BCUT2D eigenvalue weighted by Crippen LogP contribution is 2.37. The van der Waals surface area contributed by atoms with E-state index in [9.17, 15) is 5.11 Å². The molecule has 2 aromatic heterocycles. The van der Waals surface area contributed by atoms with Crippen molar-refractivity contribution >= 4 is 33.4 Å². The quantitative estimate of drug-likeness (QED) is 0.625. The Balaban J connectivity index is 1.71. The lowest BCUT2D eigenvalue weighted by atomic mass is 10.1. The van der Waals surface area contributed by atoms with E-state index in [2.05, 4.69) is 50.2 Å². The Kier molecular flexibility index (Phi) is 3.18. The second kappa shape index (κ2) is 5.53. The molecule has 1 N–H and O–H groups in total. The van der Waals surface area contributed by atoms with Gasteiger partial charge in [0, 0.05) is 24.2 Å². The Labute approximate surface area is 144 Å². The number of rotatable bonds is 3. The molecule has 0 spiro atoms. The monoisotopic (exact) mass is 331 g/mol. The van der Waals surface area contributed by atoms with Crippen LogP contribution in [0.2, 0.25) is 0 Å². The molecule has 0 saturated heterocycles. The molecular weight excluding hydrogens is 314 g/mol. The second-order valence-electron chi connectivity index (χ2n) is 6.25. The highest BCUT2D eigenvalue weighted by molar-refractivity contribution is 6.00. The Morgan fingerprint density at radius 3 is 2.88 bits per heavy atom. The zero-order valence-corrected chi connectivity index (χ0v) is 13.6. The first kappa shape index (κ1) is 14.4. The molecule has 0 atom stereocenters. The number of hydrogen-bond donors (Lipinski definition) is 1. The zero-order chi connectivity index (χ0) is 16.8. The molecule has 6 nitrogen and oxygen atoms in total. The first-order valence-electron chi connectivity index (χ1n) is 8.41. The third-order valence-electron chi connectivity index (χ3n) is 4.84. The predicted octanol–water partition coefficient (Wildman–Crippen LogP) is 2.67. The molecule has 1 aliphatic heterocycles. The van der Waals surface area contributed by atoms with Crippen LogP contribution in [-0.4, -0.2) is 37.8 Å². The van der Waals surface area contributed by atoms with E-state index in [0.717, 1.165) is 40.7 Å². The smallest absolute Gasteiger partial charge is 0.144 e. The summed E-state index contributed by atoms with van der Waals surface area (Å²) in [6.45, 7) is 1.53. The van der Waals surface area contributed by atoms with Crippen LogP contribution >= 0.6 is 0 Å². The van der Waals surface area contributed by atoms with Crippen molar-refractivity contribution < 1.29 is 5.11 Å². The van der Waals surface area contributed by atoms with Gasteiger partial charge in [-0.2, -0.15) is 0 Å². The Bertz CT molecular complexity index is 1090. The van der Waals surface area contributed by atoms with Crippen LogP contribution < -0.4 is 4.90 Å². The van der Waals surface area contributed by atoms with Crippen molar-refractivity contribution in [3.05, 3.63) is 54.6 Å². The number of aliphatic hydroxyl groups excluding tert-OH is 1. The summed E-state index contributed by atoms with van der Waals surface area (Å²) in [6, 6.07) is 12.5. The molecule has 25 heavy (non-hydrogen) atoms.